The molecule has 5 aromatic rings. The van der Waals surface area contributed by atoms with Gasteiger partial charge in [0.05, 0.1) is 52.8 Å². The van der Waals surface area contributed by atoms with Gasteiger partial charge in [-0.05, 0) is 61.2 Å². The van der Waals surface area contributed by atoms with E-state index in [1.165, 1.54) is 6.07 Å². The summed E-state index contributed by atoms with van der Waals surface area (Å²) in [5.74, 6) is -0.307. The maximum atomic E-state index is 13.6. The molecular formula is C31H24ClN7O2. The molecule has 0 saturated heterocycles. The average Bonchev–Trinajstić information content (AvgIpc) is 3.34. The second-order valence-electron chi connectivity index (χ2n) is 9.99. The molecule has 0 saturated carbocycles. The quantitative estimate of drug-likeness (QED) is 0.278. The minimum absolute atomic E-state index is 0.245. The SMILES string of the molecule is C=C1CCC[C@H](n2cnc(-c3cc(Cl)cc4cnn(C)c34)cc2=O)c2cc(ccn2)-c2ccc(C#N)cc2NC1=O. The number of benzene rings is 2. The van der Waals surface area contributed by atoms with E-state index >= 15 is 0 Å². The summed E-state index contributed by atoms with van der Waals surface area (Å²) in [7, 11) is 1.83. The van der Waals surface area contributed by atoms with Crippen molar-refractivity contribution in [3.8, 4) is 28.5 Å². The number of amides is 1. The first-order valence-corrected chi connectivity index (χ1v) is 13.4. The summed E-state index contributed by atoms with van der Waals surface area (Å²) in [6.07, 6.45) is 6.50. The normalized spacial score (nSPS) is 15.4. The van der Waals surface area contributed by atoms with Crippen molar-refractivity contribution in [1.29, 1.82) is 5.26 Å². The Morgan fingerprint density at radius 2 is 1.95 bits per heavy atom. The second kappa shape index (κ2) is 10.5. The molecule has 2 aromatic carbocycles. The number of nitriles is 1. The van der Waals surface area contributed by atoms with E-state index in [9.17, 15) is 14.9 Å². The van der Waals surface area contributed by atoms with Crippen LogP contribution in [-0.4, -0.2) is 30.2 Å². The first-order chi connectivity index (χ1) is 19.8. The highest BCUT2D eigenvalue weighted by Gasteiger charge is 2.22. The van der Waals surface area contributed by atoms with Crippen molar-refractivity contribution < 1.29 is 4.79 Å². The molecule has 1 N–H and O–H groups in total. The topological polar surface area (TPSA) is 118 Å². The summed E-state index contributed by atoms with van der Waals surface area (Å²) in [6, 6.07) is 15.7. The van der Waals surface area contributed by atoms with Crippen LogP contribution in [0.3, 0.4) is 0 Å². The monoisotopic (exact) mass is 561 g/mol. The first kappa shape index (κ1) is 26.2. The van der Waals surface area contributed by atoms with Crippen molar-refractivity contribution in [3.63, 3.8) is 0 Å². The van der Waals surface area contributed by atoms with Gasteiger partial charge in [-0.1, -0.05) is 24.2 Å². The van der Waals surface area contributed by atoms with Crippen molar-refractivity contribution in [2.75, 3.05) is 5.32 Å². The third kappa shape index (κ3) is 4.90. The van der Waals surface area contributed by atoms with Crippen LogP contribution < -0.4 is 10.9 Å². The van der Waals surface area contributed by atoms with Crippen molar-refractivity contribution in [2.45, 2.75) is 25.3 Å². The molecule has 6 rings (SSSR count). The Balaban J connectivity index is 1.46. The van der Waals surface area contributed by atoms with Gasteiger partial charge in [-0.3, -0.25) is 23.8 Å². The summed E-state index contributed by atoms with van der Waals surface area (Å²) < 4.78 is 3.31. The van der Waals surface area contributed by atoms with Crippen molar-refractivity contribution >= 4 is 34.1 Å². The zero-order valence-corrected chi connectivity index (χ0v) is 22.9. The third-order valence-corrected chi connectivity index (χ3v) is 7.57. The smallest absolute Gasteiger partial charge is 0.254 e. The molecule has 1 aliphatic rings. The molecule has 0 spiro atoms. The van der Waals surface area contributed by atoms with Gasteiger partial charge >= 0.3 is 0 Å². The molecule has 0 fully saturated rings. The summed E-state index contributed by atoms with van der Waals surface area (Å²) in [5.41, 5.74) is 5.34. The standard InChI is InChI=1S/C31H24ClN7O2/c1-18-4-3-5-28(27-12-20(8-9-34-27)23-7-6-19(15-33)10-26(23)37-31(18)41)39-17-35-25(14-29(39)40)24-13-22(32)11-21-16-36-38(2)30(21)24/h6-14,16-17,28H,1,3-5H2,2H3,(H,37,41)/t28-/m0/s1. The lowest BCUT2D eigenvalue weighted by atomic mass is 9.96. The molecule has 1 aliphatic heterocycles. The van der Waals surface area contributed by atoms with Crippen molar-refractivity contribution in [2.24, 2.45) is 7.05 Å². The fourth-order valence-corrected chi connectivity index (χ4v) is 5.53. The Labute approximate surface area is 240 Å². The highest BCUT2D eigenvalue weighted by atomic mass is 35.5. The van der Waals surface area contributed by atoms with E-state index in [0.29, 0.717) is 58.1 Å². The number of nitrogens with zero attached hydrogens (tertiary/aromatic N) is 6. The minimum atomic E-state index is -0.433. The van der Waals surface area contributed by atoms with Crippen LogP contribution in [0.15, 0.2) is 84.2 Å². The molecule has 0 unspecified atom stereocenters. The highest BCUT2D eigenvalue weighted by molar-refractivity contribution is 6.31. The van der Waals surface area contributed by atoms with E-state index in [2.05, 4.69) is 33.0 Å². The van der Waals surface area contributed by atoms with Crippen LogP contribution in [0.1, 0.15) is 36.6 Å². The number of aromatic nitrogens is 5. The molecule has 1 amide bonds. The summed E-state index contributed by atoms with van der Waals surface area (Å²) in [5, 5.41) is 18.0. The largest absolute Gasteiger partial charge is 0.322 e. The Morgan fingerprint density at radius 3 is 2.76 bits per heavy atom. The second-order valence-corrected chi connectivity index (χ2v) is 10.4. The molecule has 2 bridgehead atoms. The first-order valence-electron chi connectivity index (χ1n) is 13.0. The van der Waals surface area contributed by atoms with Crippen LogP contribution in [0.4, 0.5) is 5.69 Å². The van der Waals surface area contributed by atoms with E-state index in [-0.39, 0.29) is 11.5 Å². The average molecular weight is 562 g/mol. The number of hydrogen-bond donors (Lipinski definition) is 1. The van der Waals surface area contributed by atoms with Gasteiger partial charge in [0.25, 0.3) is 11.5 Å². The van der Waals surface area contributed by atoms with E-state index in [1.54, 1.807) is 52.2 Å². The van der Waals surface area contributed by atoms with Gasteiger partial charge in [0, 0.05) is 46.4 Å². The zero-order chi connectivity index (χ0) is 28.7. The zero-order valence-electron chi connectivity index (χ0n) is 22.1. The lowest BCUT2D eigenvalue weighted by Crippen LogP contribution is -2.26. The number of fused-ring (bicyclic) bond motifs is 5. The van der Waals surface area contributed by atoms with Crippen LogP contribution in [0.5, 0.6) is 0 Å². The van der Waals surface area contributed by atoms with Crippen LogP contribution in [0, 0.1) is 11.3 Å². The third-order valence-electron chi connectivity index (χ3n) is 7.35. The fraction of sp³-hybridized carbons (Fsp3) is 0.161. The lowest BCUT2D eigenvalue weighted by Gasteiger charge is -2.22. The Hall–Kier alpha value is -5.07. The molecule has 41 heavy (non-hydrogen) atoms. The number of hydrogen-bond acceptors (Lipinski definition) is 6. The Bertz CT molecular complexity index is 1970. The molecule has 202 valence electrons. The Kier molecular flexibility index (Phi) is 6.69. The number of pyridine rings is 1. The maximum absolute atomic E-state index is 13.6. The van der Waals surface area contributed by atoms with Gasteiger partial charge < -0.3 is 5.32 Å². The summed E-state index contributed by atoms with van der Waals surface area (Å²) in [4.78, 5) is 35.9. The molecular weight excluding hydrogens is 538 g/mol. The molecule has 3 aromatic heterocycles. The predicted octanol–water partition coefficient (Wildman–Crippen LogP) is 5.65. The molecule has 0 radical (unpaired) electrons. The minimum Gasteiger partial charge on any atom is -0.322 e. The fourth-order valence-electron chi connectivity index (χ4n) is 5.30. The number of rotatable bonds is 2. The number of nitrogens with one attached hydrogen (secondary N) is 1. The molecule has 1 atom stereocenters. The number of aryl methyl sites for hydroxylation is 1. The van der Waals surface area contributed by atoms with Gasteiger partial charge in [0.1, 0.15) is 0 Å². The van der Waals surface area contributed by atoms with Gasteiger partial charge in [0.15, 0.2) is 0 Å². The number of anilines is 1. The van der Waals surface area contributed by atoms with E-state index in [0.717, 1.165) is 22.0 Å². The Morgan fingerprint density at radius 1 is 1.10 bits per heavy atom. The summed E-state index contributed by atoms with van der Waals surface area (Å²) >= 11 is 6.37. The molecule has 4 heterocycles. The number of carbonyl (C=O) groups is 1. The van der Waals surface area contributed by atoms with Gasteiger partial charge in [0.2, 0.25) is 0 Å². The molecule has 9 nitrogen and oxygen atoms in total. The predicted molar refractivity (Wildman–Crippen MR) is 157 cm³/mol. The van der Waals surface area contributed by atoms with E-state index in [1.807, 2.05) is 25.2 Å². The number of carbonyl (C=O) groups excluding carboxylic acids is 1. The highest BCUT2D eigenvalue weighted by Crippen LogP contribution is 2.34. The van der Waals surface area contributed by atoms with Gasteiger partial charge in [-0.2, -0.15) is 10.4 Å². The van der Waals surface area contributed by atoms with Crippen molar-refractivity contribution in [1.82, 2.24) is 24.3 Å². The van der Waals surface area contributed by atoms with E-state index < -0.39 is 6.04 Å². The van der Waals surface area contributed by atoms with Crippen LogP contribution in [-0.2, 0) is 11.8 Å². The maximum Gasteiger partial charge on any atom is 0.254 e. The lowest BCUT2D eigenvalue weighted by molar-refractivity contribution is -0.113. The van der Waals surface area contributed by atoms with E-state index in [4.69, 9.17) is 11.6 Å². The van der Waals surface area contributed by atoms with Crippen LogP contribution in [0.25, 0.3) is 33.3 Å². The van der Waals surface area contributed by atoms with Gasteiger partial charge in [-0.25, -0.2) is 4.98 Å². The van der Waals surface area contributed by atoms with Crippen LogP contribution >= 0.6 is 11.6 Å². The molecule has 10 heteroatoms. The van der Waals surface area contributed by atoms with Crippen molar-refractivity contribution in [3.05, 3.63) is 106 Å². The number of halogens is 1. The van der Waals surface area contributed by atoms with Gasteiger partial charge in [-0.15, -0.1) is 0 Å². The summed E-state index contributed by atoms with van der Waals surface area (Å²) in [6.45, 7) is 3.97. The molecule has 0 aliphatic carbocycles. The van der Waals surface area contributed by atoms with Crippen LogP contribution in [0.2, 0.25) is 5.02 Å².